The van der Waals surface area contributed by atoms with Gasteiger partial charge in [0.1, 0.15) is 9.88 Å². The zero-order valence-corrected chi connectivity index (χ0v) is 11.9. The van der Waals surface area contributed by atoms with E-state index in [1.54, 1.807) is 13.3 Å². The molecule has 0 aliphatic heterocycles. The quantitative estimate of drug-likeness (QED) is 0.861. The van der Waals surface area contributed by atoms with Crippen molar-refractivity contribution < 1.29 is 14.6 Å². The third-order valence-electron chi connectivity index (χ3n) is 3.44. The Kier molecular flexibility index (Phi) is 5.30. The van der Waals surface area contributed by atoms with E-state index >= 15 is 0 Å². The predicted molar refractivity (Wildman–Crippen MR) is 73.1 cm³/mol. The first-order valence-electron chi connectivity index (χ1n) is 6.60. The number of hydrogen-bond donors (Lipinski definition) is 2. The molecule has 6 heteroatoms. The molecule has 0 radical (unpaired) electrons. The van der Waals surface area contributed by atoms with Gasteiger partial charge < -0.3 is 15.2 Å². The number of methoxy groups -OCH3 is 1. The van der Waals surface area contributed by atoms with Crippen LogP contribution in [0, 0.1) is 5.92 Å². The highest BCUT2D eigenvalue weighted by Crippen LogP contribution is 2.23. The van der Waals surface area contributed by atoms with Crippen molar-refractivity contribution in [1.29, 1.82) is 0 Å². The molecule has 1 aliphatic rings. The Morgan fingerprint density at radius 2 is 2.37 bits per heavy atom. The summed E-state index contributed by atoms with van der Waals surface area (Å²) in [4.78, 5) is 16.7. The van der Waals surface area contributed by atoms with Crippen molar-refractivity contribution in [2.24, 2.45) is 5.92 Å². The fourth-order valence-electron chi connectivity index (χ4n) is 2.34. The lowest BCUT2D eigenvalue weighted by molar-refractivity contribution is 0.0664. The maximum Gasteiger partial charge on any atom is 0.263 e. The van der Waals surface area contributed by atoms with Crippen molar-refractivity contribution in [3.8, 4) is 0 Å². The number of carbonyl (C=O) groups excluding carboxylic acids is 1. The molecule has 19 heavy (non-hydrogen) atoms. The predicted octanol–water partition coefficient (Wildman–Crippen LogP) is 1.57. The average molecular weight is 284 g/mol. The van der Waals surface area contributed by atoms with Gasteiger partial charge in [0, 0.05) is 19.6 Å². The molecule has 1 aromatic rings. The minimum Gasteiger partial charge on any atom is -0.393 e. The molecule has 1 fully saturated rings. The van der Waals surface area contributed by atoms with Crippen LogP contribution in [0.5, 0.6) is 0 Å². The van der Waals surface area contributed by atoms with E-state index in [-0.39, 0.29) is 17.9 Å². The first-order chi connectivity index (χ1) is 9.20. The number of aromatic nitrogens is 1. The molecule has 1 heterocycles. The van der Waals surface area contributed by atoms with Gasteiger partial charge in [0.15, 0.2) is 0 Å². The molecule has 2 rings (SSSR count). The number of carbonyl (C=O) groups is 1. The summed E-state index contributed by atoms with van der Waals surface area (Å²) >= 11 is 1.34. The van der Waals surface area contributed by atoms with Crippen LogP contribution in [0.3, 0.4) is 0 Å². The van der Waals surface area contributed by atoms with E-state index in [1.165, 1.54) is 11.3 Å². The molecule has 106 valence electrons. The minimum atomic E-state index is -0.278. The van der Waals surface area contributed by atoms with Crippen molar-refractivity contribution in [3.63, 3.8) is 0 Å². The molecular formula is C13H20N2O3S. The molecule has 1 amide bonds. The average Bonchev–Trinajstić information content (AvgIpc) is 2.87. The third-order valence-corrected chi connectivity index (χ3v) is 4.41. The van der Waals surface area contributed by atoms with Crippen LogP contribution >= 0.6 is 11.3 Å². The van der Waals surface area contributed by atoms with Crippen LogP contribution in [0.15, 0.2) is 6.20 Å². The van der Waals surface area contributed by atoms with Crippen molar-refractivity contribution in [3.05, 3.63) is 16.1 Å². The molecule has 0 aromatic carbocycles. The van der Waals surface area contributed by atoms with Gasteiger partial charge >= 0.3 is 0 Å². The van der Waals surface area contributed by atoms with Crippen molar-refractivity contribution in [2.75, 3.05) is 13.7 Å². The Bertz CT molecular complexity index is 422. The van der Waals surface area contributed by atoms with Crippen LogP contribution in [0.2, 0.25) is 0 Å². The largest absolute Gasteiger partial charge is 0.393 e. The van der Waals surface area contributed by atoms with Gasteiger partial charge in [-0.3, -0.25) is 4.79 Å². The lowest BCUT2D eigenvalue weighted by atomic mass is 9.86. The number of hydrogen-bond acceptors (Lipinski definition) is 5. The van der Waals surface area contributed by atoms with Crippen LogP contribution in [-0.4, -0.2) is 35.8 Å². The molecule has 0 bridgehead atoms. The van der Waals surface area contributed by atoms with E-state index in [2.05, 4.69) is 10.3 Å². The van der Waals surface area contributed by atoms with E-state index in [4.69, 9.17) is 4.74 Å². The lowest BCUT2D eigenvalue weighted by Gasteiger charge is -2.27. The van der Waals surface area contributed by atoms with Crippen LogP contribution in [0.4, 0.5) is 0 Å². The second-order valence-electron chi connectivity index (χ2n) is 4.87. The molecule has 1 aliphatic carbocycles. The third kappa shape index (κ3) is 3.99. The van der Waals surface area contributed by atoms with Gasteiger partial charge in [-0.05, 0) is 12.8 Å². The van der Waals surface area contributed by atoms with E-state index in [0.717, 1.165) is 30.7 Å². The SMILES string of the molecule is COCc1ncc(C(=O)NC[C@H]2CCCC[C@@H]2O)s1. The topological polar surface area (TPSA) is 71.5 Å². The summed E-state index contributed by atoms with van der Waals surface area (Å²) < 4.78 is 4.97. The van der Waals surface area contributed by atoms with E-state index in [9.17, 15) is 9.90 Å². The number of nitrogens with zero attached hydrogens (tertiary/aromatic N) is 1. The number of aliphatic hydroxyl groups excluding tert-OH is 1. The number of nitrogens with one attached hydrogen (secondary N) is 1. The zero-order chi connectivity index (χ0) is 13.7. The van der Waals surface area contributed by atoms with Crippen molar-refractivity contribution in [1.82, 2.24) is 10.3 Å². The summed E-state index contributed by atoms with van der Waals surface area (Å²) in [5.74, 6) is 0.0710. The number of thiazole rings is 1. The van der Waals surface area contributed by atoms with Gasteiger partial charge in [0.25, 0.3) is 5.91 Å². The highest BCUT2D eigenvalue weighted by molar-refractivity contribution is 7.13. The molecule has 2 atom stereocenters. The Morgan fingerprint density at radius 1 is 1.58 bits per heavy atom. The Labute approximate surface area is 117 Å². The second-order valence-corrected chi connectivity index (χ2v) is 5.99. The van der Waals surface area contributed by atoms with Crippen molar-refractivity contribution >= 4 is 17.2 Å². The minimum absolute atomic E-state index is 0.113. The summed E-state index contributed by atoms with van der Waals surface area (Å²) in [6.45, 7) is 0.969. The van der Waals surface area contributed by atoms with Gasteiger partial charge in [-0.15, -0.1) is 11.3 Å². The smallest absolute Gasteiger partial charge is 0.263 e. The van der Waals surface area contributed by atoms with Crippen LogP contribution in [0.1, 0.15) is 40.4 Å². The molecule has 0 spiro atoms. The molecule has 1 saturated carbocycles. The Hall–Kier alpha value is -0.980. The first-order valence-corrected chi connectivity index (χ1v) is 7.42. The lowest BCUT2D eigenvalue weighted by Crippen LogP contribution is -2.36. The van der Waals surface area contributed by atoms with Gasteiger partial charge in [0.05, 0.1) is 18.9 Å². The summed E-state index contributed by atoms with van der Waals surface area (Å²) in [6.07, 6.45) is 5.35. The molecular weight excluding hydrogens is 264 g/mol. The van der Waals surface area contributed by atoms with Gasteiger partial charge in [-0.2, -0.15) is 0 Å². The second kappa shape index (κ2) is 6.98. The maximum absolute atomic E-state index is 11.9. The number of rotatable bonds is 5. The number of aliphatic hydroxyl groups is 1. The molecule has 5 nitrogen and oxygen atoms in total. The van der Waals surface area contributed by atoms with Gasteiger partial charge in [-0.25, -0.2) is 4.98 Å². The molecule has 0 saturated heterocycles. The standard InChI is InChI=1S/C13H20N2O3S/c1-18-8-12-14-7-11(19-12)13(17)15-6-9-4-2-3-5-10(9)16/h7,9-10,16H,2-6,8H2,1H3,(H,15,17)/t9-,10+/m1/s1. The Morgan fingerprint density at radius 3 is 3.11 bits per heavy atom. The normalized spacial score (nSPS) is 23.3. The van der Waals surface area contributed by atoms with Gasteiger partial charge in [0.2, 0.25) is 0 Å². The summed E-state index contributed by atoms with van der Waals surface area (Å²) in [5, 5.41) is 13.5. The summed E-state index contributed by atoms with van der Waals surface area (Å²) in [7, 11) is 1.60. The summed E-state index contributed by atoms with van der Waals surface area (Å²) in [5.41, 5.74) is 0. The van der Waals surface area contributed by atoms with E-state index in [1.807, 2.05) is 0 Å². The molecule has 2 N–H and O–H groups in total. The zero-order valence-electron chi connectivity index (χ0n) is 11.1. The fraction of sp³-hybridized carbons (Fsp3) is 0.692. The van der Waals surface area contributed by atoms with E-state index in [0.29, 0.717) is 18.0 Å². The highest BCUT2D eigenvalue weighted by atomic mass is 32.1. The monoisotopic (exact) mass is 284 g/mol. The molecule has 1 aromatic heterocycles. The van der Waals surface area contributed by atoms with Crippen molar-refractivity contribution in [2.45, 2.75) is 38.4 Å². The maximum atomic E-state index is 11.9. The Balaban J connectivity index is 1.82. The van der Waals surface area contributed by atoms with Crippen LogP contribution in [0.25, 0.3) is 0 Å². The van der Waals surface area contributed by atoms with E-state index < -0.39 is 0 Å². The number of ether oxygens (including phenoxy) is 1. The molecule has 0 unspecified atom stereocenters. The fourth-order valence-corrected chi connectivity index (χ4v) is 3.15. The van der Waals surface area contributed by atoms with Crippen LogP contribution in [-0.2, 0) is 11.3 Å². The van der Waals surface area contributed by atoms with Crippen LogP contribution < -0.4 is 5.32 Å². The van der Waals surface area contributed by atoms with Gasteiger partial charge in [-0.1, -0.05) is 12.8 Å². The number of amides is 1. The first kappa shape index (κ1) is 14.4. The highest BCUT2D eigenvalue weighted by Gasteiger charge is 2.23. The summed E-state index contributed by atoms with van der Waals surface area (Å²) in [6, 6.07) is 0.